The topological polar surface area (TPSA) is 147 Å². The Morgan fingerprint density at radius 2 is 1.79 bits per heavy atom. The first kappa shape index (κ1) is 21.5. The summed E-state index contributed by atoms with van der Waals surface area (Å²) in [6, 6.07) is 0. The summed E-state index contributed by atoms with van der Waals surface area (Å²) in [4.78, 5) is 31.9. The minimum absolute atomic E-state index is 0.140. The van der Waals surface area contributed by atoms with Crippen molar-refractivity contribution in [2.45, 2.75) is 25.9 Å². The van der Waals surface area contributed by atoms with Crippen LogP contribution in [-0.2, 0) is 9.53 Å². The molecule has 12 nitrogen and oxygen atoms in total. The molecule has 0 bridgehead atoms. The first-order chi connectivity index (χ1) is 13.6. The second-order valence-electron chi connectivity index (χ2n) is 5.34. The monoisotopic (exact) mass is 411 g/mol. The highest BCUT2D eigenvalue weighted by Gasteiger charge is 2.15. The molecule has 28 heavy (non-hydrogen) atoms. The van der Waals surface area contributed by atoms with E-state index >= 15 is 0 Å². The Balaban J connectivity index is 1.93. The Hall–Kier alpha value is -2.83. The molecular formula is C15H25N9O3S. The standard InChI is InChI=1S/C15H25N9O3S/c1-4-16-11-20-12(17-5-2)24-13(21-11)22-23-14(24)28-9-10(25)18-7-8-19-15(26)27-6-3/h4-9H2,1-3H3,(H,18,25)(H,19,26)(H2,16,17,20,21,22). The van der Waals surface area contributed by atoms with Gasteiger partial charge in [0, 0.05) is 26.2 Å². The number of hydrogen-bond acceptors (Lipinski definition) is 10. The van der Waals surface area contributed by atoms with E-state index in [-0.39, 0.29) is 18.2 Å². The molecular weight excluding hydrogens is 386 g/mol. The van der Waals surface area contributed by atoms with Crippen LogP contribution in [0.15, 0.2) is 5.16 Å². The van der Waals surface area contributed by atoms with E-state index in [4.69, 9.17) is 4.74 Å². The molecule has 2 amide bonds. The molecule has 0 aliphatic rings. The van der Waals surface area contributed by atoms with E-state index in [1.54, 1.807) is 11.3 Å². The van der Waals surface area contributed by atoms with Crippen LogP contribution in [0.2, 0.25) is 0 Å². The van der Waals surface area contributed by atoms with E-state index in [0.29, 0.717) is 49.1 Å². The molecule has 0 unspecified atom stereocenters. The number of carbonyl (C=O) groups is 2. The summed E-state index contributed by atoms with van der Waals surface area (Å²) >= 11 is 1.22. The number of anilines is 2. The van der Waals surface area contributed by atoms with Crippen LogP contribution in [0.3, 0.4) is 0 Å². The molecule has 154 valence electrons. The van der Waals surface area contributed by atoms with Crippen molar-refractivity contribution in [1.29, 1.82) is 0 Å². The fourth-order valence-electron chi connectivity index (χ4n) is 2.13. The molecule has 0 aromatic carbocycles. The fourth-order valence-corrected chi connectivity index (χ4v) is 2.89. The van der Waals surface area contributed by atoms with Gasteiger partial charge in [0.1, 0.15) is 0 Å². The lowest BCUT2D eigenvalue weighted by atomic mass is 10.6. The van der Waals surface area contributed by atoms with Gasteiger partial charge in [-0.3, -0.25) is 4.79 Å². The predicted molar refractivity (Wildman–Crippen MR) is 106 cm³/mol. The quantitative estimate of drug-likeness (QED) is 0.301. The van der Waals surface area contributed by atoms with Crippen LogP contribution in [0, 0.1) is 0 Å². The van der Waals surface area contributed by atoms with Gasteiger partial charge in [-0.15, -0.1) is 10.2 Å². The van der Waals surface area contributed by atoms with Gasteiger partial charge in [-0.1, -0.05) is 11.8 Å². The molecule has 13 heteroatoms. The normalized spacial score (nSPS) is 10.5. The molecule has 0 aliphatic carbocycles. The summed E-state index contributed by atoms with van der Waals surface area (Å²) in [5.41, 5.74) is 0. The summed E-state index contributed by atoms with van der Waals surface area (Å²) in [5, 5.41) is 20.1. The van der Waals surface area contributed by atoms with Crippen LogP contribution in [0.1, 0.15) is 20.8 Å². The second-order valence-corrected chi connectivity index (χ2v) is 6.28. The number of aromatic nitrogens is 5. The van der Waals surface area contributed by atoms with Crippen LogP contribution in [0.25, 0.3) is 5.78 Å². The average molecular weight is 411 g/mol. The van der Waals surface area contributed by atoms with Gasteiger partial charge >= 0.3 is 6.09 Å². The minimum atomic E-state index is -0.506. The number of carbonyl (C=O) groups excluding carboxylic acids is 2. The van der Waals surface area contributed by atoms with Crippen LogP contribution >= 0.6 is 11.8 Å². The summed E-state index contributed by atoms with van der Waals surface area (Å²) in [5.74, 6) is 1.35. The summed E-state index contributed by atoms with van der Waals surface area (Å²) in [6.07, 6.45) is -0.506. The van der Waals surface area contributed by atoms with Gasteiger partial charge in [0.05, 0.1) is 12.4 Å². The van der Waals surface area contributed by atoms with Crippen molar-refractivity contribution in [1.82, 2.24) is 35.2 Å². The maximum Gasteiger partial charge on any atom is 0.407 e. The van der Waals surface area contributed by atoms with Crippen molar-refractivity contribution in [3.63, 3.8) is 0 Å². The Bertz CT molecular complexity index is 798. The molecule has 0 saturated carbocycles. The zero-order valence-electron chi connectivity index (χ0n) is 16.1. The highest BCUT2D eigenvalue weighted by molar-refractivity contribution is 7.99. The molecule has 2 aromatic rings. The summed E-state index contributed by atoms with van der Waals surface area (Å²) in [6.45, 7) is 7.86. The molecule has 0 fully saturated rings. The van der Waals surface area contributed by atoms with E-state index in [9.17, 15) is 9.59 Å². The van der Waals surface area contributed by atoms with Crippen LogP contribution < -0.4 is 21.3 Å². The van der Waals surface area contributed by atoms with Gasteiger partial charge < -0.3 is 26.0 Å². The third-order valence-electron chi connectivity index (χ3n) is 3.24. The van der Waals surface area contributed by atoms with Gasteiger partial charge in [0.25, 0.3) is 5.78 Å². The number of nitrogens with one attached hydrogen (secondary N) is 4. The third kappa shape index (κ3) is 6.11. The number of rotatable bonds is 11. The molecule has 0 saturated heterocycles. The van der Waals surface area contributed by atoms with E-state index in [2.05, 4.69) is 41.4 Å². The highest BCUT2D eigenvalue weighted by atomic mass is 32.2. The Morgan fingerprint density at radius 3 is 2.50 bits per heavy atom. The number of alkyl carbamates (subject to hydrolysis) is 1. The van der Waals surface area contributed by atoms with Gasteiger partial charge in [-0.25, -0.2) is 9.20 Å². The highest BCUT2D eigenvalue weighted by Crippen LogP contribution is 2.20. The second kappa shape index (κ2) is 11.1. The minimum Gasteiger partial charge on any atom is -0.450 e. The number of nitrogens with zero attached hydrogens (tertiary/aromatic N) is 5. The maximum absolute atomic E-state index is 12.0. The Kier molecular flexibility index (Phi) is 8.52. The van der Waals surface area contributed by atoms with Crippen LogP contribution in [0.4, 0.5) is 16.7 Å². The molecule has 0 aliphatic heterocycles. The van der Waals surface area contributed by atoms with Crippen molar-refractivity contribution in [2.75, 3.05) is 49.2 Å². The van der Waals surface area contributed by atoms with Gasteiger partial charge in [-0.05, 0) is 20.8 Å². The maximum atomic E-state index is 12.0. The zero-order valence-corrected chi connectivity index (χ0v) is 16.9. The predicted octanol–water partition coefficient (Wildman–Crippen LogP) is 0.337. The van der Waals surface area contributed by atoms with Gasteiger partial charge in [-0.2, -0.15) is 9.97 Å². The van der Waals surface area contributed by atoms with Gasteiger partial charge in [0.15, 0.2) is 5.16 Å². The van der Waals surface area contributed by atoms with Crippen molar-refractivity contribution in [3.05, 3.63) is 0 Å². The number of amides is 2. The van der Waals surface area contributed by atoms with E-state index in [0.717, 1.165) is 0 Å². The summed E-state index contributed by atoms with van der Waals surface area (Å²) < 4.78 is 6.41. The number of hydrogen-bond donors (Lipinski definition) is 4. The van der Waals surface area contributed by atoms with E-state index < -0.39 is 6.09 Å². The lowest BCUT2D eigenvalue weighted by molar-refractivity contribution is -0.118. The molecule has 2 aromatic heterocycles. The third-order valence-corrected chi connectivity index (χ3v) is 4.17. The van der Waals surface area contributed by atoms with Crippen LogP contribution in [-0.4, -0.2) is 75.1 Å². The SMILES string of the molecule is CCNc1nc(NCC)n2c(SCC(=O)NCCNC(=O)OCC)nnc2n1. The smallest absolute Gasteiger partial charge is 0.407 e. The first-order valence-electron chi connectivity index (χ1n) is 9.00. The number of thioether (sulfide) groups is 1. The molecule has 0 spiro atoms. The molecule has 2 rings (SSSR count). The summed E-state index contributed by atoms with van der Waals surface area (Å²) in [7, 11) is 0. The number of fused-ring (bicyclic) bond motifs is 1. The van der Waals surface area contributed by atoms with E-state index in [1.165, 1.54) is 11.8 Å². The molecule has 0 atom stereocenters. The Labute approximate surface area is 166 Å². The van der Waals surface area contributed by atoms with Crippen molar-refractivity contribution < 1.29 is 14.3 Å². The van der Waals surface area contributed by atoms with Crippen molar-refractivity contribution >= 4 is 41.4 Å². The fraction of sp³-hybridized carbons (Fsp3) is 0.600. The zero-order chi connectivity index (χ0) is 20.4. The Morgan fingerprint density at radius 1 is 1.04 bits per heavy atom. The van der Waals surface area contributed by atoms with E-state index in [1.807, 2.05) is 13.8 Å². The lowest BCUT2D eigenvalue weighted by Gasteiger charge is -2.09. The number of ether oxygens (including phenoxy) is 1. The first-order valence-corrected chi connectivity index (χ1v) is 9.98. The van der Waals surface area contributed by atoms with Crippen molar-refractivity contribution in [2.24, 2.45) is 0 Å². The van der Waals surface area contributed by atoms with Crippen LogP contribution in [0.5, 0.6) is 0 Å². The van der Waals surface area contributed by atoms with Crippen molar-refractivity contribution in [3.8, 4) is 0 Å². The molecule has 4 N–H and O–H groups in total. The van der Waals surface area contributed by atoms with Gasteiger partial charge in [0.2, 0.25) is 17.8 Å². The largest absolute Gasteiger partial charge is 0.450 e. The molecule has 0 radical (unpaired) electrons. The molecule has 2 heterocycles. The lowest BCUT2D eigenvalue weighted by Crippen LogP contribution is -2.35. The average Bonchev–Trinajstić information content (AvgIpc) is 3.07.